The van der Waals surface area contributed by atoms with Gasteiger partial charge < -0.3 is 14.4 Å². The average Bonchev–Trinajstić information content (AvgIpc) is 2.86. The molecule has 1 aliphatic rings. The van der Waals surface area contributed by atoms with Gasteiger partial charge in [-0.15, -0.1) is 0 Å². The zero-order chi connectivity index (χ0) is 23.5. The Hall–Kier alpha value is -3.78. The molecule has 8 nitrogen and oxygen atoms in total. The number of amides is 1. The van der Waals surface area contributed by atoms with Crippen LogP contribution in [0.4, 0.5) is 5.82 Å². The van der Waals surface area contributed by atoms with Crippen molar-refractivity contribution in [1.82, 2.24) is 14.9 Å². The van der Waals surface area contributed by atoms with Gasteiger partial charge >= 0.3 is 0 Å². The summed E-state index contributed by atoms with van der Waals surface area (Å²) in [5.41, 5.74) is 6.10. The highest BCUT2D eigenvalue weighted by Crippen LogP contribution is 2.23. The molecule has 33 heavy (non-hydrogen) atoms. The molecule has 3 rings (SSSR count). The van der Waals surface area contributed by atoms with Crippen LogP contribution in [0.3, 0.4) is 0 Å². The normalized spacial score (nSPS) is 15.0. The lowest BCUT2D eigenvalue weighted by molar-refractivity contribution is 0.0299. The Morgan fingerprint density at radius 2 is 1.94 bits per heavy atom. The number of hydrogen-bond donors (Lipinski definition) is 1. The van der Waals surface area contributed by atoms with Crippen molar-refractivity contribution in [2.24, 2.45) is 5.10 Å². The third kappa shape index (κ3) is 7.11. The monoisotopic (exact) mass is 447 g/mol. The summed E-state index contributed by atoms with van der Waals surface area (Å²) >= 11 is 0. The van der Waals surface area contributed by atoms with Crippen LogP contribution in [0.2, 0.25) is 0 Å². The number of aromatic nitrogens is 2. The van der Waals surface area contributed by atoms with Crippen LogP contribution in [0.25, 0.3) is 11.1 Å². The standard InChI is InChI=1S/C25H29N5O3/c1-19-16-22(18-27-24(19)29-28-10-7-5-4-6-8-20(2)32-3)21-9-11-26-23(17-21)25(31)30-12-14-33-15-13-30/h4-11,16-18H,12-15H2,1-3H3,(H,27,29)/b6-4-,7-5+,20-8+,28-10+. The molecule has 1 N–H and O–H groups in total. The number of nitrogens with one attached hydrogen (secondary N) is 1. The second kappa shape index (κ2) is 12.3. The molecule has 172 valence electrons. The number of carbonyl (C=O) groups is 1. The number of hydrazone groups is 1. The fourth-order valence-electron chi connectivity index (χ4n) is 3.08. The van der Waals surface area contributed by atoms with E-state index < -0.39 is 0 Å². The average molecular weight is 448 g/mol. The van der Waals surface area contributed by atoms with Crippen LogP contribution >= 0.6 is 0 Å². The molecule has 0 spiro atoms. The summed E-state index contributed by atoms with van der Waals surface area (Å²) in [6, 6.07) is 5.69. The number of allylic oxidation sites excluding steroid dienone is 6. The first-order chi connectivity index (χ1) is 16.1. The number of methoxy groups -OCH3 is 1. The minimum atomic E-state index is -0.0785. The molecule has 0 radical (unpaired) electrons. The number of pyridine rings is 2. The molecule has 0 aromatic carbocycles. The largest absolute Gasteiger partial charge is 0.501 e. The van der Waals surface area contributed by atoms with Gasteiger partial charge in [-0.2, -0.15) is 5.10 Å². The van der Waals surface area contributed by atoms with Gasteiger partial charge in [-0.05, 0) is 55.3 Å². The Labute approximate surface area is 194 Å². The van der Waals surface area contributed by atoms with E-state index in [9.17, 15) is 4.79 Å². The van der Waals surface area contributed by atoms with Crippen molar-refractivity contribution in [2.45, 2.75) is 13.8 Å². The summed E-state index contributed by atoms with van der Waals surface area (Å²) in [4.78, 5) is 23.2. The SMILES string of the molecule is CO/C(C)=C/C=C\C=C\C=N\Nc1ncc(-c2ccnc(C(=O)N3CCOCC3)c2)cc1C. The summed E-state index contributed by atoms with van der Waals surface area (Å²) in [6.07, 6.45) is 14.4. The third-order valence-electron chi connectivity index (χ3n) is 5.01. The van der Waals surface area contributed by atoms with Crippen LogP contribution in [0, 0.1) is 6.92 Å². The molecular formula is C25H29N5O3. The predicted molar refractivity (Wildman–Crippen MR) is 130 cm³/mol. The smallest absolute Gasteiger partial charge is 0.272 e. The Balaban J connectivity index is 1.62. The van der Waals surface area contributed by atoms with Gasteiger partial charge in [0.15, 0.2) is 0 Å². The highest BCUT2D eigenvalue weighted by atomic mass is 16.5. The van der Waals surface area contributed by atoms with Crippen LogP contribution in [0.15, 0.2) is 71.8 Å². The van der Waals surface area contributed by atoms with Gasteiger partial charge in [-0.3, -0.25) is 15.2 Å². The summed E-state index contributed by atoms with van der Waals surface area (Å²) in [6.45, 7) is 6.13. The summed E-state index contributed by atoms with van der Waals surface area (Å²) in [7, 11) is 1.64. The topological polar surface area (TPSA) is 88.9 Å². The molecular weight excluding hydrogens is 418 g/mol. The molecule has 2 aromatic heterocycles. The Kier molecular flexibility index (Phi) is 8.90. The van der Waals surface area contributed by atoms with E-state index in [0.717, 1.165) is 22.4 Å². The minimum absolute atomic E-state index is 0.0785. The zero-order valence-corrected chi connectivity index (χ0v) is 19.2. The number of morpholine rings is 1. The molecule has 0 unspecified atom stereocenters. The number of hydrogen-bond acceptors (Lipinski definition) is 7. The van der Waals surface area contributed by atoms with Gasteiger partial charge in [0.25, 0.3) is 5.91 Å². The molecule has 1 fully saturated rings. The van der Waals surface area contributed by atoms with E-state index >= 15 is 0 Å². The van der Waals surface area contributed by atoms with Crippen LogP contribution in [0.5, 0.6) is 0 Å². The maximum absolute atomic E-state index is 12.7. The number of carbonyl (C=O) groups excluding carboxylic acids is 1. The first-order valence-corrected chi connectivity index (χ1v) is 10.7. The minimum Gasteiger partial charge on any atom is -0.501 e. The van der Waals surface area contributed by atoms with Crippen molar-refractivity contribution in [2.75, 3.05) is 38.8 Å². The van der Waals surface area contributed by atoms with Crippen molar-refractivity contribution in [3.63, 3.8) is 0 Å². The Bertz CT molecular complexity index is 1070. The highest BCUT2D eigenvalue weighted by molar-refractivity contribution is 5.93. The van der Waals surface area contributed by atoms with Crippen LogP contribution in [0.1, 0.15) is 23.0 Å². The molecule has 0 saturated carbocycles. The number of rotatable bonds is 8. The molecule has 1 saturated heterocycles. The van der Waals surface area contributed by atoms with Gasteiger partial charge in [0.1, 0.15) is 11.5 Å². The fraction of sp³-hybridized carbons (Fsp3) is 0.280. The first-order valence-electron chi connectivity index (χ1n) is 10.7. The van der Waals surface area contributed by atoms with Gasteiger partial charge in [0, 0.05) is 37.3 Å². The fourth-order valence-corrected chi connectivity index (χ4v) is 3.08. The Morgan fingerprint density at radius 3 is 2.70 bits per heavy atom. The maximum atomic E-state index is 12.7. The Morgan fingerprint density at radius 1 is 1.15 bits per heavy atom. The lowest BCUT2D eigenvalue weighted by atomic mass is 10.1. The van der Waals surface area contributed by atoms with E-state index in [4.69, 9.17) is 9.47 Å². The van der Waals surface area contributed by atoms with Crippen LogP contribution < -0.4 is 5.43 Å². The second-order valence-corrected chi connectivity index (χ2v) is 7.37. The number of ether oxygens (including phenoxy) is 2. The summed E-state index contributed by atoms with van der Waals surface area (Å²) < 4.78 is 10.4. The van der Waals surface area contributed by atoms with E-state index in [1.807, 2.05) is 56.4 Å². The van der Waals surface area contributed by atoms with Gasteiger partial charge in [-0.25, -0.2) is 4.98 Å². The van der Waals surface area contributed by atoms with Crippen LogP contribution in [-0.2, 0) is 9.47 Å². The molecule has 0 atom stereocenters. The first kappa shape index (κ1) is 23.9. The van der Waals surface area contributed by atoms with Gasteiger partial charge in [-0.1, -0.05) is 18.2 Å². The summed E-state index contributed by atoms with van der Waals surface area (Å²) in [5.74, 6) is 1.42. The number of anilines is 1. The highest BCUT2D eigenvalue weighted by Gasteiger charge is 2.20. The lowest BCUT2D eigenvalue weighted by Gasteiger charge is -2.26. The molecule has 3 heterocycles. The van der Waals surface area contributed by atoms with Gasteiger partial charge in [0.05, 0.1) is 26.1 Å². The lowest BCUT2D eigenvalue weighted by Crippen LogP contribution is -2.41. The molecule has 0 aliphatic carbocycles. The maximum Gasteiger partial charge on any atom is 0.272 e. The van der Waals surface area contributed by atoms with Crippen molar-refractivity contribution in [1.29, 1.82) is 0 Å². The van der Waals surface area contributed by atoms with E-state index in [0.29, 0.717) is 37.8 Å². The van der Waals surface area contributed by atoms with E-state index in [1.54, 1.807) is 36.7 Å². The van der Waals surface area contributed by atoms with E-state index in [-0.39, 0.29) is 5.91 Å². The van der Waals surface area contributed by atoms with Crippen molar-refractivity contribution >= 4 is 17.9 Å². The predicted octanol–water partition coefficient (Wildman–Crippen LogP) is 3.98. The van der Waals surface area contributed by atoms with Crippen LogP contribution in [-0.4, -0.2) is 60.4 Å². The molecule has 1 amide bonds. The number of nitrogens with zero attached hydrogens (tertiary/aromatic N) is 4. The second-order valence-electron chi connectivity index (χ2n) is 7.37. The number of aryl methyl sites for hydroxylation is 1. The van der Waals surface area contributed by atoms with Gasteiger partial charge in [0.2, 0.25) is 0 Å². The summed E-state index contributed by atoms with van der Waals surface area (Å²) in [5, 5.41) is 4.17. The molecule has 2 aromatic rings. The van der Waals surface area contributed by atoms with Crippen molar-refractivity contribution < 1.29 is 14.3 Å². The van der Waals surface area contributed by atoms with E-state index in [2.05, 4.69) is 20.5 Å². The molecule has 8 heteroatoms. The van der Waals surface area contributed by atoms with Crippen molar-refractivity contribution in [3.8, 4) is 11.1 Å². The quantitative estimate of drug-likeness (QED) is 0.285. The third-order valence-corrected chi connectivity index (χ3v) is 5.01. The zero-order valence-electron chi connectivity index (χ0n) is 19.2. The molecule has 1 aliphatic heterocycles. The van der Waals surface area contributed by atoms with E-state index in [1.165, 1.54) is 0 Å². The molecule has 0 bridgehead atoms. The van der Waals surface area contributed by atoms with Crippen molar-refractivity contribution in [3.05, 3.63) is 78.0 Å².